The number of aromatic nitrogens is 1. The van der Waals surface area contributed by atoms with Crippen molar-refractivity contribution in [3.63, 3.8) is 0 Å². The van der Waals surface area contributed by atoms with E-state index in [-0.39, 0.29) is 5.54 Å². The molecule has 0 bridgehead atoms. The molecule has 108 valence electrons. The van der Waals surface area contributed by atoms with Gasteiger partial charge in [0.25, 0.3) is 0 Å². The summed E-state index contributed by atoms with van der Waals surface area (Å²) in [5, 5.41) is 8.27. The minimum atomic E-state index is -1.19. The van der Waals surface area contributed by atoms with Crippen molar-refractivity contribution in [2.45, 2.75) is 45.6 Å². The molecular weight excluding hydrogens is 280 g/mol. The van der Waals surface area contributed by atoms with Crippen LogP contribution in [0.15, 0.2) is 35.8 Å². The van der Waals surface area contributed by atoms with Crippen molar-refractivity contribution in [2.24, 2.45) is 0 Å². The van der Waals surface area contributed by atoms with E-state index in [4.69, 9.17) is 0 Å². The van der Waals surface area contributed by atoms with Crippen molar-refractivity contribution in [1.29, 1.82) is 0 Å². The van der Waals surface area contributed by atoms with Crippen molar-refractivity contribution in [3.05, 3.63) is 46.4 Å². The summed E-state index contributed by atoms with van der Waals surface area (Å²) in [5.74, 6) is 0. The third-order valence-corrected chi connectivity index (χ3v) is 6.68. The predicted molar refractivity (Wildman–Crippen MR) is 91.4 cm³/mol. The molecule has 0 fully saturated rings. The quantitative estimate of drug-likeness (QED) is 0.852. The van der Waals surface area contributed by atoms with Gasteiger partial charge in [0.05, 0.1) is 13.6 Å². The maximum atomic E-state index is 4.41. The summed E-state index contributed by atoms with van der Waals surface area (Å²) in [4.78, 5) is 4.41. The second-order valence-corrected chi connectivity index (χ2v) is 12.7. The fourth-order valence-electron chi connectivity index (χ4n) is 2.05. The highest BCUT2D eigenvalue weighted by Gasteiger charge is 2.22. The van der Waals surface area contributed by atoms with Gasteiger partial charge in [0.1, 0.15) is 5.01 Å². The molecule has 1 heterocycles. The zero-order chi connectivity index (χ0) is 14.8. The molecule has 2 aromatic rings. The van der Waals surface area contributed by atoms with E-state index in [2.05, 4.69) is 68.1 Å². The lowest BCUT2D eigenvalue weighted by atomic mass is 10.1. The van der Waals surface area contributed by atoms with Gasteiger partial charge in [-0.25, -0.2) is 4.98 Å². The van der Waals surface area contributed by atoms with Gasteiger partial charge in [-0.1, -0.05) is 49.1 Å². The topological polar surface area (TPSA) is 24.9 Å². The Morgan fingerprint density at radius 2 is 1.80 bits per heavy atom. The lowest BCUT2D eigenvalue weighted by Gasteiger charge is -2.24. The van der Waals surface area contributed by atoms with Crippen LogP contribution in [0.4, 0.5) is 0 Å². The maximum absolute atomic E-state index is 4.41. The normalized spacial score (nSPS) is 12.7. The van der Waals surface area contributed by atoms with Crippen LogP contribution in [-0.4, -0.2) is 13.1 Å². The van der Waals surface area contributed by atoms with E-state index in [1.165, 1.54) is 10.8 Å². The highest BCUT2D eigenvalue weighted by atomic mass is 32.1. The van der Waals surface area contributed by atoms with Crippen LogP contribution in [0.2, 0.25) is 19.6 Å². The van der Waals surface area contributed by atoms with E-state index in [9.17, 15) is 0 Å². The molecule has 2 rings (SSSR count). The lowest BCUT2D eigenvalue weighted by molar-refractivity contribution is 0.399. The summed E-state index contributed by atoms with van der Waals surface area (Å²) >= 11 is 1.70. The minimum Gasteiger partial charge on any atom is -0.302 e. The van der Waals surface area contributed by atoms with Crippen molar-refractivity contribution >= 4 is 24.6 Å². The third-order valence-electron chi connectivity index (χ3n) is 3.52. The first-order valence-electron chi connectivity index (χ1n) is 7.03. The third kappa shape index (κ3) is 3.78. The smallest absolute Gasteiger partial charge is 0.112 e. The molecule has 1 aromatic heterocycles. The van der Waals surface area contributed by atoms with Crippen LogP contribution in [0, 0.1) is 0 Å². The summed E-state index contributed by atoms with van der Waals surface area (Å²) in [6, 6.07) is 9.08. The Hall–Kier alpha value is -0.973. The molecule has 0 aliphatic carbocycles. The second kappa shape index (κ2) is 5.80. The first-order chi connectivity index (χ1) is 9.29. The highest BCUT2D eigenvalue weighted by Crippen LogP contribution is 2.22. The van der Waals surface area contributed by atoms with Crippen LogP contribution in [0.3, 0.4) is 0 Å². The fourth-order valence-corrected chi connectivity index (χ4v) is 3.96. The van der Waals surface area contributed by atoms with E-state index >= 15 is 0 Å². The van der Waals surface area contributed by atoms with Gasteiger partial charge in [-0.05, 0) is 19.4 Å². The average molecular weight is 305 g/mol. The molecule has 20 heavy (non-hydrogen) atoms. The number of thiazole rings is 1. The Bertz CT molecular complexity index is 539. The lowest BCUT2D eigenvalue weighted by Crippen LogP contribution is -2.38. The largest absolute Gasteiger partial charge is 0.302 e. The zero-order valence-electron chi connectivity index (χ0n) is 13.0. The number of hydrogen-bond acceptors (Lipinski definition) is 3. The fraction of sp³-hybridized carbons (Fsp3) is 0.438. The van der Waals surface area contributed by atoms with Gasteiger partial charge in [0.15, 0.2) is 0 Å². The summed E-state index contributed by atoms with van der Waals surface area (Å²) in [6.45, 7) is 12.4. The van der Waals surface area contributed by atoms with Crippen LogP contribution in [-0.2, 0) is 12.1 Å². The molecular formula is C16H24N2SSi. The predicted octanol–water partition coefficient (Wildman–Crippen LogP) is 3.71. The second-order valence-electron chi connectivity index (χ2n) is 6.76. The van der Waals surface area contributed by atoms with Crippen molar-refractivity contribution < 1.29 is 0 Å². The molecule has 0 radical (unpaired) electrons. The molecule has 0 aliphatic rings. The molecule has 0 unspecified atom stereocenters. The number of nitrogens with zero attached hydrogens (tertiary/aromatic N) is 1. The van der Waals surface area contributed by atoms with Crippen molar-refractivity contribution in [1.82, 2.24) is 10.3 Å². The standard InChI is InChI=1S/C16H24N2SSi/c1-16(2,15-17-10-11-19-15)18-12-13-6-8-14(9-7-13)20(3,4)5/h6-11,18H,12H2,1-5H3. The van der Waals surface area contributed by atoms with E-state index in [0.29, 0.717) is 0 Å². The van der Waals surface area contributed by atoms with Crippen LogP contribution < -0.4 is 10.5 Å². The molecule has 0 spiro atoms. The number of nitrogens with one attached hydrogen (secondary N) is 1. The Kier molecular flexibility index (Phi) is 4.47. The summed E-state index contributed by atoms with van der Waals surface area (Å²) in [6.07, 6.45) is 1.87. The van der Waals surface area contributed by atoms with Gasteiger partial charge in [-0.3, -0.25) is 0 Å². The van der Waals surface area contributed by atoms with Gasteiger partial charge in [-0.2, -0.15) is 0 Å². The molecule has 1 aromatic carbocycles. The van der Waals surface area contributed by atoms with E-state index in [0.717, 1.165) is 11.6 Å². The molecule has 2 nitrogen and oxygen atoms in total. The minimum absolute atomic E-state index is 0.0778. The molecule has 0 amide bonds. The van der Waals surface area contributed by atoms with E-state index in [1.54, 1.807) is 11.3 Å². The van der Waals surface area contributed by atoms with Gasteiger partial charge < -0.3 is 5.32 Å². The number of rotatable bonds is 5. The van der Waals surface area contributed by atoms with Crippen LogP contribution in [0.25, 0.3) is 0 Å². The van der Waals surface area contributed by atoms with E-state index < -0.39 is 8.07 Å². The number of benzene rings is 1. The van der Waals surface area contributed by atoms with Gasteiger partial charge in [0, 0.05) is 18.1 Å². The Balaban J connectivity index is 2.01. The zero-order valence-corrected chi connectivity index (χ0v) is 14.8. The van der Waals surface area contributed by atoms with Crippen molar-refractivity contribution in [3.8, 4) is 0 Å². The Morgan fingerprint density at radius 3 is 2.30 bits per heavy atom. The number of hydrogen-bond donors (Lipinski definition) is 1. The SMILES string of the molecule is CC(C)(NCc1ccc([Si](C)(C)C)cc1)c1nccs1. The maximum Gasteiger partial charge on any atom is 0.112 e. The monoisotopic (exact) mass is 304 g/mol. The average Bonchev–Trinajstić information content (AvgIpc) is 2.90. The van der Waals surface area contributed by atoms with Crippen molar-refractivity contribution in [2.75, 3.05) is 0 Å². The molecule has 0 saturated heterocycles. The van der Waals surface area contributed by atoms with Crippen LogP contribution in [0.1, 0.15) is 24.4 Å². The highest BCUT2D eigenvalue weighted by molar-refractivity contribution is 7.09. The van der Waals surface area contributed by atoms with Gasteiger partial charge >= 0.3 is 0 Å². The van der Waals surface area contributed by atoms with Gasteiger partial charge in [0.2, 0.25) is 0 Å². The summed E-state index contributed by atoms with van der Waals surface area (Å²) in [7, 11) is -1.19. The Morgan fingerprint density at radius 1 is 1.15 bits per heavy atom. The Labute approximate surface area is 127 Å². The molecule has 0 atom stereocenters. The van der Waals surface area contributed by atoms with Crippen LogP contribution >= 0.6 is 11.3 Å². The van der Waals surface area contributed by atoms with Gasteiger partial charge in [-0.15, -0.1) is 11.3 Å². The summed E-state index contributed by atoms with van der Waals surface area (Å²) in [5.41, 5.74) is 1.25. The summed E-state index contributed by atoms with van der Waals surface area (Å²) < 4.78 is 0. The molecule has 0 saturated carbocycles. The first kappa shape index (κ1) is 15.4. The molecule has 0 aliphatic heterocycles. The molecule has 1 N–H and O–H groups in total. The van der Waals surface area contributed by atoms with Crippen LogP contribution in [0.5, 0.6) is 0 Å². The molecule has 4 heteroatoms. The van der Waals surface area contributed by atoms with E-state index in [1.807, 2.05) is 11.6 Å². The first-order valence-corrected chi connectivity index (χ1v) is 11.4.